The van der Waals surface area contributed by atoms with Crippen LogP contribution in [-0.4, -0.2) is 60.7 Å². The van der Waals surface area contributed by atoms with Crippen molar-refractivity contribution in [1.82, 2.24) is 9.80 Å². The van der Waals surface area contributed by atoms with Gasteiger partial charge in [-0.15, -0.1) is 0 Å². The molecule has 2 aliphatic heterocycles. The van der Waals surface area contributed by atoms with Gasteiger partial charge in [0.2, 0.25) is 5.91 Å². The van der Waals surface area contributed by atoms with Crippen LogP contribution in [0, 0.1) is 5.41 Å². The lowest BCUT2D eigenvalue weighted by Crippen LogP contribution is -2.56. The van der Waals surface area contributed by atoms with Gasteiger partial charge in [-0.05, 0) is 50.6 Å². The summed E-state index contributed by atoms with van der Waals surface area (Å²) in [5, 5.41) is 10.1. The van der Waals surface area contributed by atoms with E-state index in [1.807, 2.05) is 4.90 Å². The number of aliphatic hydroxyl groups is 1. The summed E-state index contributed by atoms with van der Waals surface area (Å²) in [6.45, 7) is 1.86. The van der Waals surface area contributed by atoms with Crippen molar-refractivity contribution in [3.05, 3.63) is 29.3 Å². The van der Waals surface area contributed by atoms with Crippen LogP contribution in [0.15, 0.2) is 18.2 Å². The van der Waals surface area contributed by atoms with Gasteiger partial charge in [0.05, 0.1) is 24.2 Å². The van der Waals surface area contributed by atoms with E-state index in [1.165, 1.54) is 13.2 Å². The average molecular weight is 386 g/mol. The molecule has 0 saturated carbocycles. The third-order valence-electron chi connectivity index (χ3n) is 5.73. The van der Waals surface area contributed by atoms with E-state index in [1.54, 1.807) is 11.9 Å². The largest absolute Gasteiger partial charge is 0.496 e. The molecule has 1 unspecified atom stereocenters. The third-order valence-corrected chi connectivity index (χ3v) is 5.73. The summed E-state index contributed by atoms with van der Waals surface area (Å²) in [4.78, 5) is 16.2. The molecular weight excluding hydrogens is 361 g/mol. The molecule has 0 bridgehead atoms. The van der Waals surface area contributed by atoms with Crippen LogP contribution < -0.4 is 4.74 Å². The highest BCUT2D eigenvalue weighted by Gasteiger charge is 2.47. The normalized spacial score (nSPS) is 23.7. The van der Waals surface area contributed by atoms with E-state index in [0.717, 1.165) is 12.1 Å². The number of rotatable bonds is 3. The summed E-state index contributed by atoms with van der Waals surface area (Å²) in [5.74, 6) is 0.483. The SMILES string of the molecule is COc1ccc(C(F)(F)F)cc1CN1CCC2(CC1)CC(O)CN(C)C2=O. The minimum absolute atomic E-state index is 0.0594. The number of amides is 1. The number of methoxy groups -OCH3 is 1. The number of piperidine rings is 2. The summed E-state index contributed by atoms with van der Waals surface area (Å²) >= 11 is 0. The van der Waals surface area contributed by atoms with Gasteiger partial charge in [-0.3, -0.25) is 9.69 Å². The Kier molecular flexibility index (Phi) is 5.40. The van der Waals surface area contributed by atoms with Gasteiger partial charge in [-0.1, -0.05) is 0 Å². The van der Waals surface area contributed by atoms with Crippen LogP contribution in [0.2, 0.25) is 0 Å². The highest BCUT2D eigenvalue weighted by molar-refractivity contribution is 5.83. The van der Waals surface area contributed by atoms with Crippen LogP contribution in [0.3, 0.4) is 0 Å². The number of alkyl halides is 3. The van der Waals surface area contributed by atoms with Gasteiger partial charge in [0.1, 0.15) is 5.75 Å². The molecule has 1 aromatic rings. The summed E-state index contributed by atoms with van der Waals surface area (Å²) in [5.41, 5.74) is -0.768. The van der Waals surface area contributed by atoms with Crippen molar-refractivity contribution in [2.24, 2.45) is 5.41 Å². The predicted octanol–water partition coefficient (Wildman–Crippen LogP) is 2.52. The number of halogens is 3. The second-order valence-electron chi connectivity index (χ2n) is 7.62. The van der Waals surface area contributed by atoms with Crippen LogP contribution >= 0.6 is 0 Å². The lowest BCUT2D eigenvalue weighted by Gasteiger charge is -2.47. The number of hydrogen-bond donors (Lipinski definition) is 1. The molecule has 2 heterocycles. The van der Waals surface area contributed by atoms with Gasteiger partial charge < -0.3 is 14.7 Å². The van der Waals surface area contributed by atoms with E-state index in [2.05, 4.69) is 0 Å². The Morgan fingerprint density at radius 2 is 1.96 bits per heavy atom. The molecule has 1 amide bonds. The summed E-state index contributed by atoms with van der Waals surface area (Å²) in [7, 11) is 3.14. The number of aliphatic hydroxyl groups excluding tert-OH is 1. The summed E-state index contributed by atoms with van der Waals surface area (Å²) in [6.07, 6.45) is -3.29. The monoisotopic (exact) mass is 386 g/mol. The Morgan fingerprint density at radius 3 is 2.56 bits per heavy atom. The standard InChI is InChI=1S/C19H25F3N2O3/c1-23-12-15(25)10-18(17(23)26)5-7-24(8-6-18)11-13-9-14(19(20,21)22)3-4-16(13)27-2/h3-4,9,15,25H,5-8,10-12H2,1-2H3. The quantitative estimate of drug-likeness (QED) is 0.868. The second kappa shape index (κ2) is 7.31. The number of hydrogen-bond acceptors (Lipinski definition) is 4. The zero-order chi connectivity index (χ0) is 19.8. The van der Waals surface area contributed by atoms with Crippen molar-refractivity contribution < 1.29 is 27.8 Å². The molecule has 1 N–H and O–H groups in total. The van der Waals surface area contributed by atoms with E-state index in [-0.39, 0.29) is 5.91 Å². The first-order valence-electron chi connectivity index (χ1n) is 9.05. The molecule has 0 aliphatic carbocycles. The Labute approximate surface area is 156 Å². The fourth-order valence-electron chi connectivity index (χ4n) is 4.28. The molecule has 3 rings (SSSR count). The van der Waals surface area contributed by atoms with E-state index >= 15 is 0 Å². The number of likely N-dealkylation sites (N-methyl/N-ethyl adjacent to an activating group) is 1. The number of carbonyl (C=O) groups is 1. The van der Waals surface area contributed by atoms with E-state index in [0.29, 0.717) is 56.8 Å². The van der Waals surface area contributed by atoms with E-state index in [9.17, 15) is 23.1 Å². The van der Waals surface area contributed by atoms with E-state index in [4.69, 9.17) is 4.74 Å². The molecule has 150 valence electrons. The maximum Gasteiger partial charge on any atom is 0.416 e. The second-order valence-corrected chi connectivity index (χ2v) is 7.62. The van der Waals surface area contributed by atoms with Crippen LogP contribution in [0.25, 0.3) is 0 Å². The van der Waals surface area contributed by atoms with Gasteiger partial charge in [0.15, 0.2) is 0 Å². The Hall–Kier alpha value is -1.80. The van der Waals surface area contributed by atoms with Crippen molar-refractivity contribution in [3.63, 3.8) is 0 Å². The Morgan fingerprint density at radius 1 is 1.30 bits per heavy atom. The van der Waals surface area contributed by atoms with Crippen molar-refractivity contribution in [2.45, 2.75) is 38.1 Å². The minimum Gasteiger partial charge on any atom is -0.496 e. The average Bonchev–Trinajstić information content (AvgIpc) is 2.61. The lowest BCUT2D eigenvalue weighted by atomic mass is 9.71. The highest BCUT2D eigenvalue weighted by atomic mass is 19.4. The number of ether oxygens (including phenoxy) is 1. The predicted molar refractivity (Wildman–Crippen MR) is 93.2 cm³/mol. The first-order chi connectivity index (χ1) is 12.6. The highest BCUT2D eigenvalue weighted by Crippen LogP contribution is 2.41. The molecule has 8 heteroatoms. The van der Waals surface area contributed by atoms with Crippen LogP contribution in [-0.2, 0) is 17.5 Å². The van der Waals surface area contributed by atoms with Crippen LogP contribution in [0.4, 0.5) is 13.2 Å². The first kappa shape index (κ1) is 19.9. The Balaban J connectivity index is 1.71. The number of carbonyl (C=O) groups excluding carboxylic acids is 1. The maximum absolute atomic E-state index is 13.0. The molecule has 2 fully saturated rings. The maximum atomic E-state index is 13.0. The number of β-amino-alcohol motifs (C(OH)–C–C–N with tert-alkyl or cyclic N) is 1. The first-order valence-corrected chi connectivity index (χ1v) is 9.05. The zero-order valence-corrected chi connectivity index (χ0v) is 15.6. The van der Waals surface area contributed by atoms with Crippen LogP contribution in [0.1, 0.15) is 30.4 Å². The number of benzene rings is 1. The summed E-state index contributed by atoms with van der Waals surface area (Å²) < 4.78 is 44.3. The fourth-order valence-corrected chi connectivity index (χ4v) is 4.28. The zero-order valence-electron chi connectivity index (χ0n) is 15.6. The van der Waals surface area contributed by atoms with Crippen molar-refractivity contribution in [2.75, 3.05) is 33.8 Å². The lowest BCUT2D eigenvalue weighted by molar-refractivity contribution is -0.154. The fraction of sp³-hybridized carbons (Fsp3) is 0.632. The summed E-state index contributed by atoms with van der Waals surface area (Å²) in [6, 6.07) is 3.50. The van der Waals surface area contributed by atoms with Gasteiger partial charge in [-0.25, -0.2) is 0 Å². The number of nitrogens with zero attached hydrogens (tertiary/aromatic N) is 2. The molecule has 5 nitrogen and oxygen atoms in total. The molecule has 2 saturated heterocycles. The van der Waals surface area contributed by atoms with Crippen molar-refractivity contribution in [3.8, 4) is 5.75 Å². The van der Waals surface area contributed by atoms with Gasteiger partial charge in [0.25, 0.3) is 0 Å². The molecule has 27 heavy (non-hydrogen) atoms. The van der Waals surface area contributed by atoms with Gasteiger partial charge >= 0.3 is 6.18 Å². The molecule has 0 aromatic heterocycles. The molecule has 1 aromatic carbocycles. The molecule has 0 radical (unpaired) electrons. The molecule has 2 aliphatic rings. The van der Waals surface area contributed by atoms with E-state index < -0.39 is 23.3 Å². The van der Waals surface area contributed by atoms with Gasteiger partial charge in [0, 0.05) is 25.7 Å². The van der Waals surface area contributed by atoms with Crippen molar-refractivity contribution >= 4 is 5.91 Å². The third kappa shape index (κ3) is 4.06. The van der Waals surface area contributed by atoms with Crippen LogP contribution in [0.5, 0.6) is 5.75 Å². The molecule has 1 spiro atoms. The smallest absolute Gasteiger partial charge is 0.416 e. The molecule has 1 atom stereocenters. The number of likely N-dealkylation sites (tertiary alicyclic amines) is 2. The van der Waals surface area contributed by atoms with Gasteiger partial charge in [-0.2, -0.15) is 13.2 Å². The molecular formula is C19H25F3N2O3. The minimum atomic E-state index is -4.40. The van der Waals surface area contributed by atoms with Crippen molar-refractivity contribution in [1.29, 1.82) is 0 Å². The Bertz CT molecular complexity index is 700. The topological polar surface area (TPSA) is 53.0 Å².